The van der Waals surface area contributed by atoms with Crippen molar-refractivity contribution in [1.29, 1.82) is 0 Å². The maximum atomic E-state index is 11.1. The number of aliphatic imine (C=N–C) groups is 1. The number of sulfone groups is 1. The van der Waals surface area contributed by atoms with Crippen molar-refractivity contribution in [3.05, 3.63) is 23.4 Å². The predicted octanol–water partition coefficient (Wildman–Crippen LogP) is 1.53. The Kier molecular flexibility index (Phi) is 9.22. The highest BCUT2D eigenvalue weighted by atomic mass is 127. The fraction of sp³-hybridized carbons (Fsp3) is 0.600. The van der Waals surface area contributed by atoms with E-state index in [0.717, 1.165) is 25.3 Å². The molecule has 1 aromatic heterocycles. The Morgan fingerprint density at radius 3 is 2.92 bits per heavy atom. The number of anilines is 1. The number of halogens is 2. The van der Waals surface area contributed by atoms with E-state index in [0.29, 0.717) is 23.9 Å². The number of nitrogens with one attached hydrogen (secondary N) is 2. The van der Waals surface area contributed by atoms with Crippen LogP contribution in [0.15, 0.2) is 23.3 Å². The van der Waals surface area contributed by atoms with Gasteiger partial charge in [0.2, 0.25) is 0 Å². The van der Waals surface area contributed by atoms with E-state index in [9.17, 15) is 8.42 Å². The fourth-order valence-corrected chi connectivity index (χ4v) is 3.52. The summed E-state index contributed by atoms with van der Waals surface area (Å²) in [6, 6.07) is 3.90. The van der Waals surface area contributed by atoms with Crippen molar-refractivity contribution >= 4 is 57.2 Å². The molecule has 0 saturated carbocycles. The maximum Gasteiger partial charge on any atom is 0.191 e. The highest BCUT2D eigenvalue weighted by Gasteiger charge is 2.25. The summed E-state index contributed by atoms with van der Waals surface area (Å²) in [6.45, 7) is 2.23. The minimum atomic E-state index is -2.92. The van der Waals surface area contributed by atoms with Gasteiger partial charge in [-0.15, -0.1) is 24.0 Å². The van der Waals surface area contributed by atoms with Crippen molar-refractivity contribution in [3.8, 4) is 0 Å². The molecule has 142 valence electrons. The monoisotopic (exact) mass is 501 g/mol. The molecular formula is C15H25ClIN5O2S. The van der Waals surface area contributed by atoms with Crippen LogP contribution in [-0.2, 0) is 9.84 Å². The van der Waals surface area contributed by atoms with Crippen LogP contribution in [0.5, 0.6) is 0 Å². The number of nitrogens with zero attached hydrogens (tertiary/aromatic N) is 3. The number of hydrogen-bond acceptors (Lipinski definition) is 5. The molecule has 1 unspecified atom stereocenters. The number of rotatable bonds is 6. The molecule has 25 heavy (non-hydrogen) atoms. The number of aromatic nitrogens is 1. The van der Waals surface area contributed by atoms with Gasteiger partial charge in [-0.25, -0.2) is 13.4 Å². The molecule has 1 fully saturated rings. The Labute approximate surface area is 171 Å². The molecule has 7 nitrogen and oxygen atoms in total. The molecule has 2 N–H and O–H groups in total. The van der Waals surface area contributed by atoms with E-state index in [1.807, 2.05) is 12.1 Å². The minimum absolute atomic E-state index is 0. The summed E-state index contributed by atoms with van der Waals surface area (Å²) >= 11 is 6.20. The normalized spacial score (nSPS) is 18.0. The largest absolute Gasteiger partial charge is 0.356 e. The quantitative estimate of drug-likeness (QED) is 0.266. The van der Waals surface area contributed by atoms with Crippen LogP contribution in [0.3, 0.4) is 0 Å². The lowest BCUT2D eigenvalue weighted by atomic mass is 10.3. The fourth-order valence-electron chi connectivity index (χ4n) is 2.61. The average molecular weight is 502 g/mol. The second kappa shape index (κ2) is 10.4. The first-order valence-corrected chi connectivity index (χ1v) is 10.3. The summed E-state index contributed by atoms with van der Waals surface area (Å²) in [5.41, 5.74) is 0. The van der Waals surface area contributed by atoms with E-state index in [4.69, 9.17) is 11.6 Å². The highest BCUT2D eigenvalue weighted by molar-refractivity contribution is 14.0. The summed E-state index contributed by atoms with van der Waals surface area (Å²) in [4.78, 5) is 10.7. The Bertz CT molecular complexity index is 686. The Hall–Kier alpha value is -0.810. The zero-order valence-electron chi connectivity index (χ0n) is 14.4. The summed E-state index contributed by atoms with van der Waals surface area (Å²) in [7, 11) is -1.22. The van der Waals surface area contributed by atoms with E-state index in [-0.39, 0.29) is 35.8 Å². The molecule has 0 spiro atoms. The maximum absolute atomic E-state index is 11.1. The van der Waals surface area contributed by atoms with E-state index in [1.54, 1.807) is 13.2 Å². The first-order chi connectivity index (χ1) is 11.4. The molecule has 10 heteroatoms. The lowest BCUT2D eigenvalue weighted by Gasteiger charge is -2.20. The van der Waals surface area contributed by atoms with Gasteiger partial charge in [0.1, 0.15) is 15.7 Å². The van der Waals surface area contributed by atoms with E-state index < -0.39 is 9.84 Å². The van der Waals surface area contributed by atoms with Crippen LogP contribution in [0.4, 0.5) is 5.82 Å². The third kappa shape index (κ3) is 7.53. The van der Waals surface area contributed by atoms with Crippen molar-refractivity contribution in [1.82, 2.24) is 15.6 Å². The van der Waals surface area contributed by atoms with Gasteiger partial charge in [-0.1, -0.05) is 11.6 Å². The van der Waals surface area contributed by atoms with E-state index in [1.165, 1.54) is 6.26 Å². The molecule has 1 aliphatic heterocycles. The van der Waals surface area contributed by atoms with Gasteiger partial charge in [0, 0.05) is 45.2 Å². The van der Waals surface area contributed by atoms with Crippen molar-refractivity contribution < 1.29 is 8.42 Å². The van der Waals surface area contributed by atoms with Crippen LogP contribution in [0, 0.1) is 0 Å². The van der Waals surface area contributed by atoms with Crippen molar-refractivity contribution in [3.63, 3.8) is 0 Å². The summed E-state index contributed by atoms with van der Waals surface area (Å²) in [5.74, 6) is 1.66. The first kappa shape index (κ1) is 22.2. The van der Waals surface area contributed by atoms with Crippen LogP contribution >= 0.6 is 35.6 Å². The topological polar surface area (TPSA) is 86.7 Å². The van der Waals surface area contributed by atoms with Crippen LogP contribution in [0.2, 0.25) is 5.02 Å². The molecular weight excluding hydrogens is 477 g/mol. The van der Waals surface area contributed by atoms with Crippen LogP contribution in [0.1, 0.15) is 12.8 Å². The molecule has 0 amide bonds. The third-order valence-corrected chi connectivity index (χ3v) is 5.10. The average Bonchev–Trinajstić information content (AvgIpc) is 2.98. The second-order valence-electron chi connectivity index (χ2n) is 5.87. The van der Waals surface area contributed by atoms with Gasteiger partial charge in [-0.2, -0.15) is 0 Å². The molecule has 1 aliphatic rings. The van der Waals surface area contributed by atoms with Crippen LogP contribution in [-0.4, -0.2) is 64.1 Å². The van der Waals surface area contributed by atoms with Crippen LogP contribution < -0.4 is 15.5 Å². The molecule has 1 aromatic rings. The van der Waals surface area contributed by atoms with Gasteiger partial charge < -0.3 is 15.5 Å². The Morgan fingerprint density at radius 1 is 1.52 bits per heavy atom. The lowest BCUT2D eigenvalue weighted by molar-refractivity contribution is 0.597. The summed E-state index contributed by atoms with van der Waals surface area (Å²) < 4.78 is 22.3. The van der Waals surface area contributed by atoms with Crippen molar-refractivity contribution in [2.75, 3.05) is 43.6 Å². The smallest absolute Gasteiger partial charge is 0.191 e. The van der Waals surface area contributed by atoms with Gasteiger partial charge >= 0.3 is 0 Å². The standard InChI is InChI=1S/C15H24ClN5O2S.HI/c1-17-15(19-8-4-10-24(2,22)23)20-12-6-9-21(11-12)14-13(16)5-3-7-18-14;/h3,5,7,12H,4,6,8-11H2,1-2H3,(H2,17,19,20);1H. The first-order valence-electron chi connectivity index (χ1n) is 7.89. The predicted molar refractivity (Wildman–Crippen MR) is 114 cm³/mol. The molecule has 0 bridgehead atoms. The van der Waals surface area contributed by atoms with Gasteiger partial charge in [0.15, 0.2) is 5.96 Å². The Balaban J connectivity index is 0.00000312. The van der Waals surface area contributed by atoms with Gasteiger partial charge in [0.25, 0.3) is 0 Å². The van der Waals surface area contributed by atoms with Crippen LogP contribution in [0.25, 0.3) is 0 Å². The molecule has 0 aliphatic carbocycles. The minimum Gasteiger partial charge on any atom is -0.356 e. The zero-order chi connectivity index (χ0) is 17.6. The number of hydrogen-bond donors (Lipinski definition) is 2. The van der Waals surface area contributed by atoms with Crippen molar-refractivity contribution in [2.24, 2.45) is 4.99 Å². The highest BCUT2D eigenvalue weighted by Crippen LogP contribution is 2.25. The molecule has 2 rings (SSSR count). The molecule has 0 radical (unpaired) electrons. The second-order valence-corrected chi connectivity index (χ2v) is 8.53. The lowest BCUT2D eigenvalue weighted by Crippen LogP contribution is -2.45. The molecule has 2 heterocycles. The molecule has 0 aromatic carbocycles. The summed E-state index contributed by atoms with van der Waals surface area (Å²) in [6.07, 6.45) is 4.50. The molecule has 1 saturated heterocycles. The SMILES string of the molecule is CN=C(NCCCS(C)(=O)=O)NC1CCN(c2ncccc2Cl)C1.I. The van der Waals surface area contributed by atoms with Gasteiger partial charge in [-0.05, 0) is 25.0 Å². The third-order valence-electron chi connectivity index (χ3n) is 3.78. The Morgan fingerprint density at radius 2 is 2.28 bits per heavy atom. The number of guanidine groups is 1. The van der Waals surface area contributed by atoms with Gasteiger partial charge in [0.05, 0.1) is 10.8 Å². The molecule has 1 atom stereocenters. The van der Waals surface area contributed by atoms with Crippen molar-refractivity contribution in [2.45, 2.75) is 18.9 Å². The summed E-state index contributed by atoms with van der Waals surface area (Å²) in [5, 5.41) is 7.16. The van der Waals surface area contributed by atoms with E-state index in [2.05, 4.69) is 25.5 Å². The number of pyridine rings is 1. The zero-order valence-corrected chi connectivity index (χ0v) is 18.3. The van der Waals surface area contributed by atoms with Gasteiger partial charge in [-0.3, -0.25) is 4.99 Å². The van der Waals surface area contributed by atoms with E-state index >= 15 is 0 Å².